The first-order valence-electron chi connectivity index (χ1n) is 4.16. The van der Waals surface area contributed by atoms with Crippen LogP contribution in [0.2, 0.25) is 0 Å². The number of carbonyl (C=O) groups is 2. The van der Waals surface area contributed by atoms with Crippen molar-refractivity contribution in [3.63, 3.8) is 0 Å². The summed E-state index contributed by atoms with van der Waals surface area (Å²) in [5, 5.41) is 17.5. The van der Waals surface area contributed by atoms with Crippen LogP contribution >= 0.6 is 0 Å². The minimum absolute atomic E-state index is 0. The van der Waals surface area contributed by atoms with Crippen LogP contribution < -0.4 is 0 Å². The van der Waals surface area contributed by atoms with Gasteiger partial charge >= 0.3 is 57.4 Å². The van der Waals surface area contributed by atoms with Gasteiger partial charge in [0.1, 0.15) is 5.76 Å². The van der Waals surface area contributed by atoms with Crippen molar-refractivity contribution in [2.45, 2.75) is 18.7 Å². The van der Waals surface area contributed by atoms with Gasteiger partial charge in [-0.2, -0.15) is 0 Å². The number of nitrogens with zero attached hydrogens (tertiary/aromatic N) is 1. The zero-order valence-electron chi connectivity index (χ0n) is 7.21. The Morgan fingerprint density at radius 2 is 2.33 bits per heavy atom. The molecular formula is C8H10KNO5. The van der Waals surface area contributed by atoms with Crippen molar-refractivity contribution in [3.8, 4) is 0 Å². The number of carbonyl (C=O) groups excluding carboxylic acids is 1. The summed E-state index contributed by atoms with van der Waals surface area (Å²) in [6, 6.07) is -1.06. The topological polar surface area (TPSA) is 87.1 Å². The van der Waals surface area contributed by atoms with Crippen LogP contribution in [0.5, 0.6) is 0 Å². The molecule has 0 unspecified atom stereocenters. The molecule has 0 aromatic rings. The SMILES string of the molecule is O=C(O)[C@H]1C(=CCO)O[C@@H]2CC(=O)N12.[KH]. The van der Waals surface area contributed by atoms with Crippen LogP contribution in [-0.4, -0.2) is 97.3 Å². The van der Waals surface area contributed by atoms with Gasteiger partial charge in [-0.25, -0.2) is 4.79 Å². The number of hydrogen-bond acceptors (Lipinski definition) is 4. The number of aliphatic hydroxyl groups is 1. The molecule has 1 amide bonds. The second-order valence-corrected chi connectivity index (χ2v) is 3.11. The summed E-state index contributed by atoms with van der Waals surface area (Å²) in [4.78, 5) is 23.1. The van der Waals surface area contributed by atoms with Crippen LogP contribution in [0.25, 0.3) is 0 Å². The molecule has 0 radical (unpaired) electrons. The molecule has 7 heteroatoms. The Hall–Kier alpha value is 0.0764. The number of aliphatic carboxylic acids is 1. The summed E-state index contributed by atoms with van der Waals surface area (Å²) < 4.78 is 5.17. The van der Waals surface area contributed by atoms with Gasteiger partial charge in [-0.3, -0.25) is 9.69 Å². The predicted octanol–water partition coefficient (Wildman–Crippen LogP) is -1.74. The number of carboxylic acid groups (broad SMARTS) is 1. The molecule has 2 fully saturated rings. The van der Waals surface area contributed by atoms with Crippen molar-refractivity contribution in [2.75, 3.05) is 6.61 Å². The molecule has 2 atom stereocenters. The molecule has 0 spiro atoms. The fraction of sp³-hybridized carbons (Fsp3) is 0.500. The average Bonchev–Trinajstić information content (AvgIpc) is 2.39. The van der Waals surface area contributed by atoms with Crippen LogP contribution in [0.3, 0.4) is 0 Å². The summed E-state index contributed by atoms with van der Waals surface area (Å²) in [5.41, 5.74) is 0. The van der Waals surface area contributed by atoms with Gasteiger partial charge < -0.3 is 14.9 Å². The molecule has 0 saturated carbocycles. The Balaban J connectivity index is 0.00000112. The van der Waals surface area contributed by atoms with Crippen molar-refractivity contribution in [3.05, 3.63) is 11.8 Å². The fourth-order valence-electron chi connectivity index (χ4n) is 1.66. The van der Waals surface area contributed by atoms with E-state index < -0.39 is 18.2 Å². The van der Waals surface area contributed by atoms with Gasteiger partial charge in [0, 0.05) is 0 Å². The average molecular weight is 239 g/mol. The molecule has 2 aliphatic rings. The van der Waals surface area contributed by atoms with E-state index in [2.05, 4.69) is 0 Å². The number of β-lactam (4-membered cyclic amide) rings is 1. The second-order valence-electron chi connectivity index (χ2n) is 3.11. The van der Waals surface area contributed by atoms with Gasteiger partial charge in [0.2, 0.25) is 5.91 Å². The third-order valence-electron chi connectivity index (χ3n) is 2.29. The van der Waals surface area contributed by atoms with Gasteiger partial charge in [0.25, 0.3) is 0 Å². The predicted molar refractivity (Wildman–Crippen MR) is 50.1 cm³/mol. The van der Waals surface area contributed by atoms with Crippen LogP contribution in [-0.2, 0) is 14.3 Å². The molecular weight excluding hydrogens is 229 g/mol. The van der Waals surface area contributed by atoms with E-state index in [9.17, 15) is 9.59 Å². The maximum absolute atomic E-state index is 11.1. The molecule has 2 rings (SSSR count). The number of carboxylic acids is 1. The zero-order valence-corrected chi connectivity index (χ0v) is 7.21. The number of rotatable bonds is 2. The first kappa shape index (κ1) is 13.1. The second kappa shape index (κ2) is 4.94. The quantitative estimate of drug-likeness (QED) is 0.441. The van der Waals surface area contributed by atoms with E-state index in [1.165, 1.54) is 11.0 Å². The van der Waals surface area contributed by atoms with E-state index in [0.29, 0.717) is 0 Å². The van der Waals surface area contributed by atoms with E-state index in [-0.39, 0.29) is 76.1 Å². The molecule has 0 aromatic carbocycles. The minimum atomic E-state index is -1.14. The van der Waals surface area contributed by atoms with E-state index in [1.54, 1.807) is 0 Å². The van der Waals surface area contributed by atoms with E-state index in [1.807, 2.05) is 0 Å². The maximum atomic E-state index is 11.1. The fourth-order valence-corrected chi connectivity index (χ4v) is 1.66. The Morgan fingerprint density at radius 3 is 2.80 bits per heavy atom. The molecule has 15 heavy (non-hydrogen) atoms. The molecule has 0 aromatic heterocycles. The van der Waals surface area contributed by atoms with E-state index >= 15 is 0 Å². The number of aliphatic hydroxyl groups excluding tert-OH is 1. The number of amides is 1. The van der Waals surface area contributed by atoms with Gasteiger partial charge in [0.05, 0.1) is 13.0 Å². The number of fused-ring (bicyclic) bond motifs is 1. The third-order valence-corrected chi connectivity index (χ3v) is 2.29. The summed E-state index contributed by atoms with van der Waals surface area (Å²) in [7, 11) is 0. The third kappa shape index (κ3) is 2.13. The van der Waals surface area contributed by atoms with Gasteiger partial charge in [-0.1, -0.05) is 0 Å². The Kier molecular flexibility index (Phi) is 4.33. The first-order chi connectivity index (χ1) is 6.65. The van der Waals surface area contributed by atoms with Crippen molar-refractivity contribution in [1.82, 2.24) is 4.90 Å². The summed E-state index contributed by atoms with van der Waals surface area (Å²) in [6.45, 7) is -0.298. The van der Waals surface area contributed by atoms with Crippen LogP contribution in [0.4, 0.5) is 0 Å². The van der Waals surface area contributed by atoms with E-state index in [0.717, 1.165) is 0 Å². The Morgan fingerprint density at radius 1 is 1.67 bits per heavy atom. The molecule has 78 valence electrons. The van der Waals surface area contributed by atoms with Crippen molar-refractivity contribution in [2.24, 2.45) is 0 Å². The van der Waals surface area contributed by atoms with Gasteiger partial charge in [0.15, 0.2) is 12.3 Å². The molecule has 0 aliphatic carbocycles. The summed E-state index contributed by atoms with van der Waals surface area (Å²) in [5.74, 6) is -1.22. The van der Waals surface area contributed by atoms with Crippen molar-refractivity contribution in [1.29, 1.82) is 0 Å². The zero-order chi connectivity index (χ0) is 10.3. The molecule has 6 nitrogen and oxygen atoms in total. The summed E-state index contributed by atoms with van der Waals surface area (Å²) >= 11 is 0. The molecule has 2 saturated heterocycles. The number of ether oxygens (including phenoxy) is 1. The Bertz CT molecular complexity index is 329. The molecule has 2 N–H and O–H groups in total. The van der Waals surface area contributed by atoms with Crippen LogP contribution in [0.15, 0.2) is 11.8 Å². The molecule has 2 heterocycles. The Labute approximate surface area is 128 Å². The first-order valence-corrected chi connectivity index (χ1v) is 4.16. The summed E-state index contributed by atoms with van der Waals surface area (Å²) in [6.07, 6.45) is 1.03. The van der Waals surface area contributed by atoms with Crippen LogP contribution in [0.1, 0.15) is 6.42 Å². The normalized spacial score (nSPS) is 30.3. The standard InChI is InChI=1S/C8H9NO5.K.H/c10-2-1-4-7(8(12)13)9-5(11)3-6(9)14-4;;/h1,6-7,10H,2-3H2,(H,12,13);;/t6-,7-;;/m1../s1. The monoisotopic (exact) mass is 239 g/mol. The van der Waals surface area contributed by atoms with Gasteiger partial charge in [-0.15, -0.1) is 0 Å². The van der Waals surface area contributed by atoms with Crippen LogP contribution in [0, 0.1) is 0 Å². The molecule has 0 bridgehead atoms. The molecule has 2 aliphatic heterocycles. The van der Waals surface area contributed by atoms with Gasteiger partial charge in [-0.05, 0) is 6.08 Å². The van der Waals surface area contributed by atoms with Crippen molar-refractivity contribution >= 4 is 63.3 Å². The van der Waals surface area contributed by atoms with Crippen molar-refractivity contribution < 1.29 is 24.5 Å². The van der Waals surface area contributed by atoms with E-state index in [4.69, 9.17) is 14.9 Å². The number of hydrogen-bond donors (Lipinski definition) is 2.